The predicted octanol–water partition coefficient (Wildman–Crippen LogP) is 3.78. The van der Waals surface area contributed by atoms with E-state index in [1.165, 1.54) is 22.3 Å². The van der Waals surface area contributed by atoms with Gasteiger partial charge in [-0.2, -0.15) is 5.26 Å². The van der Waals surface area contributed by atoms with Crippen LogP contribution in [0.5, 0.6) is 0 Å². The Balaban J connectivity index is 1.50. The van der Waals surface area contributed by atoms with E-state index in [4.69, 9.17) is 10.00 Å². The standard InChI is InChI=1S/C23H22N2O4/c24-13-15-9-7-14(8-10-15)11-20(22(26)27)29-23(28)25-21-18-5-1-3-16(18)12-17-4-2-6-19(17)21/h7-10,12,20H,1-6,11H2,(H,25,28)(H,26,27)/t20-/m1/s1. The molecule has 148 valence electrons. The van der Waals surface area contributed by atoms with Gasteiger partial charge in [-0.1, -0.05) is 18.2 Å². The predicted molar refractivity (Wildman–Crippen MR) is 107 cm³/mol. The molecule has 2 aliphatic rings. The molecular formula is C23H22N2O4. The molecule has 2 aromatic rings. The van der Waals surface area contributed by atoms with Crippen molar-refractivity contribution in [1.29, 1.82) is 5.26 Å². The van der Waals surface area contributed by atoms with E-state index in [0.29, 0.717) is 11.1 Å². The van der Waals surface area contributed by atoms with E-state index in [1.807, 2.05) is 6.07 Å². The van der Waals surface area contributed by atoms with Gasteiger partial charge in [-0.25, -0.2) is 9.59 Å². The third kappa shape index (κ3) is 3.95. The van der Waals surface area contributed by atoms with Crippen LogP contribution in [0.3, 0.4) is 0 Å². The molecule has 2 aromatic carbocycles. The molecular weight excluding hydrogens is 368 g/mol. The Kier molecular flexibility index (Phi) is 5.22. The number of hydrogen-bond donors (Lipinski definition) is 2. The van der Waals surface area contributed by atoms with E-state index in [0.717, 1.165) is 44.2 Å². The molecule has 0 unspecified atom stereocenters. The zero-order chi connectivity index (χ0) is 20.4. The highest BCUT2D eigenvalue weighted by atomic mass is 16.6. The van der Waals surface area contributed by atoms with Gasteiger partial charge in [0.05, 0.1) is 17.3 Å². The molecule has 0 saturated heterocycles. The summed E-state index contributed by atoms with van der Waals surface area (Å²) in [5.41, 5.74) is 6.92. The molecule has 6 heteroatoms. The summed E-state index contributed by atoms with van der Waals surface area (Å²) in [4.78, 5) is 24.2. The molecule has 0 aliphatic heterocycles. The van der Waals surface area contributed by atoms with Gasteiger partial charge in [-0.15, -0.1) is 0 Å². The van der Waals surface area contributed by atoms with E-state index < -0.39 is 18.2 Å². The Hall–Kier alpha value is -3.33. The molecule has 0 saturated carbocycles. The minimum Gasteiger partial charge on any atom is -0.478 e. The molecule has 0 aromatic heterocycles. The highest BCUT2D eigenvalue weighted by molar-refractivity contribution is 5.90. The number of hydrogen-bond acceptors (Lipinski definition) is 4. The van der Waals surface area contributed by atoms with Crippen LogP contribution < -0.4 is 5.32 Å². The van der Waals surface area contributed by atoms with Crippen LogP contribution in [0.15, 0.2) is 30.3 Å². The van der Waals surface area contributed by atoms with Gasteiger partial charge >= 0.3 is 12.1 Å². The lowest BCUT2D eigenvalue weighted by Gasteiger charge is -2.18. The molecule has 2 aliphatic carbocycles. The van der Waals surface area contributed by atoms with Gasteiger partial charge in [0.2, 0.25) is 6.10 Å². The van der Waals surface area contributed by atoms with Crippen LogP contribution in [-0.2, 0) is 41.6 Å². The Morgan fingerprint density at radius 2 is 1.69 bits per heavy atom. The van der Waals surface area contributed by atoms with Crippen molar-refractivity contribution in [2.45, 2.75) is 51.0 Å². The first-order valence-corrected chi connectivity index (χ1v) is 9.91. The maximum Gasteiger partial charge on any atom is 0.412 e. The number of carbonyl (C=O) groups excluding carboxylic acids is 1. The number of nitrogens with zero attached hydrogens (tertiary/aromatic N) is 1. The van der Waals surface area contributed by atoms with Crippen molar-refractivity contribution in [3.05, 3.63) is 63.7 Å². The van der Waals surface area contributed by atoms with Crippen LogP contribution in [0.2, 0.25) is 0 Å². The Morgan fingerprint density at radius 3 is 2.24 bits per heavy atom. The second-order valence-corrected chi connectivity index (χ2v) is 7.60. The first-order valence-electron chi connectivity index (χ1n) is 9.91. The summed E-state index contributed by atoms with van der Waals surface area (Å²) >= 11 is 0. The maximum absolute atomic E-state index is 12.6. The Bertz CT molecular complexity index is 973. The summed E-state index contributed by atoms with van der Waals surface area (Å²) in [5, 5.41) is 21.2. The SMILES string of the molecule is N#Cc1ccc(C[C@@H](OC(=O)Nc2c3c(cc4c2CCC4)CCC3)C(=O)O)cc1. The minimum absolute atomic E-state index is 0.0411. The van der Waals surface area contributed by atoms with E-state index in [9.17, 15) is 14.7 Å². The van der Waals surface area contributed by atoms with Crippen molar-refractivity contribution in [3.8, 4) is 6.07 Å². The molecule has 0 spiro atoms. The molecule has 6 nitrogen and oxygen atoms in total. The molecule has 2 N–H and O–H groups in total. The van der Waals surface area contributed by atoms with Crippen molar-refractivity contribution in [2.75, 3.05) is 5.32 Å². The fraction of sp³-hybridized carbons (Fsp3) is 0.348. The minimum atomic E-state index is -1.30. The van der Waals surface area contributed by atoms with E-state index in [2.05, 4.69) is 11.4 Å². The summed E-state index contributed by atoms with van der Waals surface area (Å²) in [6, 6.07) is 10.9. The number of carbonyl (C=O) groups is 2. The zero-order valence-corrected chi connectivity index (χ0v) is 16.0. The van der Waals surface area contributed by atoms with Gasteiger partial charge in [0.1, 0.15) is 0 Å². The summed E-state index contributed by atoms with van der Waals surface area (Å²) < 4.78 is 5.28. The number of nitrogens with one attached hydrogen (secondary N) is 1. The average molecular weight is 390 g/mol. The lowest BCUT2D eigenvalue weighted by Crippen LogP contribution is -2.31. The van der Waals surface area contributed by atoms with E-state index in [1.54, 1.807) is 24.3 Å². The molecule has 0 radical (unpaired) electrons. The maximum atomic E-state index is 12.6. The van der Waals surface area contributed by atoms with Gasteiger partial charge in [0, 0.05) is 6.42 Å². The highest BCUT2D eigenvalue weighted by Crippen LogP contribution is 2.38. The second kappa shape index (κ2) is 7.96. The number of rotatable bonds is 5. The summed E-state index contributed by atoms with van der Waals surface area (Å²) in [6.07, 6.45) is 4.02. The van der Waals surface area contributed by atoms with Crippen LogP contribution in [0.25, 0.3) is 0 Å². The normalized spacial score (nSPS) is 15.1. The van der Waals surface area contributed by atoms with Crippen LogP contribution in [0.1, 0.15) is 46.2 Å². The summed E-state index contributed by atoms with van der Waals surface area (Å²) in [7, 11) is 0. The second-order valence-electron chi connectivity index (χ2n) is 7.60. The Morgan fingerprint density at radius 1 is 1.07 bits per heavy atom. The number of aryl methyl sites for hydroxylation is 2. The molecule has 0 heterocycles. The van der Waals surface area contributed by atoms with Crippen molar-refractivity contribution in [2.24, 2.45) is 0 Å². The van der Waals surface area contributed by atoms with Crippen molar-refractivity contribution < 1.29 is 19.4 Å². The summed E-state index contributed by atoms with van der Waals surface area (Å²) in [5.74, 6) is -1.20. The first kappa shape index (κ1) is 19.0. The van der Waals surface area contributed by atoms with Crippen LogP contribution in [0, 0.1) is 11.3 Å². The number of fused-ring (bicyclic) bond motifs is 2. The first-order chi connectivity index (χ1) is 14.0. The van der Waals surface area contributed by atoms with Gasteiger partial charge < -0.3 is 9.84 Å². The van der Waals surface area contributed by atoms with Gasteiger partial charge in [0.25, 0.3) is 0 Å². The monoisotopic (exact) mass is 390 g/mol. The largest absolute Gasteiger partial charge is 0.478 e. The topological polar surface area (TPSA) is 99.4 Å². The fourth-order valence-corrected chi connectivity index (χ4v) is 4.34. The molecule has 1 amide bonds. The van der Waals surface area contributed by atoms with Crippen molar-refractivity contribution in [1.82, 2.24) is 0 Å². The number of amides is 1. The summed E-state index contributed by atoms with van der Waals surface area (Å²) in [6.45, 7) is 0. The quantitative estimate of drug-likeness (QED) is 0.809. The number of carboxylic acids is 1. The zero-order valence-electron chi connectivity index (χ0n) is 16.0. The number of ether oxygens (including phenoxy) is 1. The van der Waals surface area contributed by atoms with Crippen molar-refractivity contribution in [3.63, 3.8) is 0 Å². The number of benzene rings is 2. The van der Waals surface area contributed by atoms with Crippen LogP contribution in [-0.4, -0.2) is 23.3 Å². The van der Waals surface area contributed by atoms with Gasteiger partial charge in [-0.05, 0) is 78.5 Å². The molecule has 0 fully saturated rings. The Labute approximate surface area is 169 Å². The molecule has 4 rings (SSSR count). The smallest absolute Gasteiger partial charge is 0.412 e. The average Bonchev–Trinajstić information content (AvgIpc) is 3.37. The number of carboxylic acid groups (broad SMARTS) is 1. The van der Waals surface area contributed by atoms with Crippen molar-refractivity contribution >= 4 is 17.7 Å². The van der Waals surface area contributed by atoms with Crippen LogP contribution in [0.4, 0.5) is 10.5 Å². The lowest BCUT2D eigenvalue weighted by atomic mass is 9.99. The molecule has 1 atom stereocenters. The molecule has 29 heavy (non-hydrogen) atoms. The third-order valence-electron chi connectivity index (χ3n) is 5.73. The fourth-order valence-electron chi connectivity index (χ4n) is 4.34. The van der Waals surface area contributed by atoms with Crippen LogP contribution >= 0.6 is 0 Å². The number of anilines is 1. The number of nitriles is 1. The van der Waals surface area contributed by atoms with E-state index >= 15 is 0 Å². The van der Waals surface area contributed by atoms with Gasteiger partial charge in [0.15, 0.2) is 0 Å². The lowest BCUT2D eigenvalue weighted by molar-refractivity contribution is -0.146. The third-order valence-corrected chi connectivity index (χ3v) is 5.73. The number of aliphatic carboxylic acids is 1. The van der Waals surface area contributed by atoms with Gasteiger partial charge in [-0.3, -0.25) is 5.32 Å². The van der Waals surface area contributed by atoms with E-state index in [-0.39, 0.29) is 6.42 Å². The highest BCUT2D eigenvalue weighted by Gasteiger charge is 2.27. The molecule has 0 bridgehead atoms.